The molecule has 0 bridgehead atoms. The summed E-state index contributed by atoms with van der Waals surface area (Å²) in [7, 11) is 0. The van der Waals surface area contributed by atoms with Crippen LogP contribution in [0.3, 0.4) is 0 Å². The highest BCUT2D eigenvalue weighted by atomic mass is 16.4. The fraction of sp³-hybridized carbons (Fsp3) is 0.333. The van der Waals surface area contributed by atoms with Gasteiger partial charge in [-0.3, -0.25) is 0 Å². The Labute approximate surface area is 98.5 Å². The number of aliphatic carboxylic acids is 1. The van der Waals surface area contributed by atoms with Crippen molar-refractivity contribution in [3.8, 4) is 0 Å². The molecule has 0 N–H and O–H groups in total. The molecule has 0 saturated heterocycles. The van der Waals surface area contributed by atoms with Crippen LogP contribution >= 0.6 is 0 Å². The fourth-order valence-corrected chi connectivity index (χ4v) is 1.21. The van der Waals surface area contributed by atoms with Gasteiger partial charge in [0.05, 0.1) is 10.7 Å². The predicted octanol–water partition coefficient (Wildman–Crippen LogP) is -0.0141. The molecule has 0 saturated carbocycles. The predicted molar refractivity (Wildman–Crippen MR) is 58.7 cm³/mol. The van der Waals surface area contributed by atoms with Crippen LogP contribution in [0.4, 0.5) is 4.79 Å². The summed E-state index contributed by atoms with van der Waals surface area (Å²) in [6.45, 7) is 1.95. The van der Waals surface area contributed by atoms with Crippen LogP contribution in [0.2, 0.25) is 0 Å². The van der Waals surface area contributed by atoms with Crippen LogP contribution in [0.1, 0.15) is 26.2 Å². The summed E-state index contributed by atoms with van der Waals surface area (Å²) in [6, 6.07) is 6.79. The number of benzene rings is 1. The van der Waals surface area contributed by atoms with Crippen molar-refractivity contribution >= 4 is 12.0 Å². The number of carbonyl (C=O) groups excluding carboxylic acids is 2. The Balaban J connectivity index is 0.000000185. The molecular formula is C12H13N2O3-. The van der Waals surface area contributed by atoms with E-state index in [1.165, 1.54) is 0 Å². The molecule has 17 heavy (non-hydrogen) atoms. The van der Waals surface area contributed by atoms with Crippen molar-refractivity contribution in [1.82, 2.24) is 0 Å². The highest BCUT2D eigenvalue weighted by Crippen LogP contribution is 1.89. The maximum atomic E-state index is 10.6. The summed E-state index contributed by atoms with van der Waals surface area (Å²) in [6.07, 6.45) is 1.87. The third-order valence-electron chi connectivity index (χ3n) is 2.05. The van der Waals surface area contributed by atoms with Gasteiger partial charge in [-0.15, -0.1) is 0 Å². The summed E-state index contributed by atoms with van der Waals surface area (Å²) in [5, 5.41) is 11.0. The Morgan fingerprint density at radius 2 is 1.76 bits per heavy atom. The van der Waals surface area contributed by atoms with Gasteiger partial charge in [-0.05, 0) is 25.0 Å². The van der Waals surface area contributed by atoms with Gasteiger partial charge in [0.15, 0.2) is 0 Å². The largest absolute Gasteiger partial charge is 0.550 e. The minimum Gasteiger partial charge on any atom is -0.550 e. The van der Waals surface area contributed by atoms with Gasteiger partial charge in [-0.2, -0.15) is 9.98 Å². The van der Waals surface area contributed by atoms with Crippen LogP contribution in [0.5, 0.6) is 0 Å². The molecule has 0 radical (unpaired) electrons. The Bertz CT molecular complexity index is 486. The normalized spacial score (nSPS) is 11.7. The van der Waals surface area contributed by atoms with E-state index < -0.39 is 12.0 Å². The molecule has 2 amide bonds. The van der Waals surface area contributed by atoms with Gasteiger partial charge in [0, 0.05) is 5.97 Å². The Morgan fingerprint density at radius 1 is 1.24 bits per heavy atom. The molecular weight excluding hydrogens is 220 g/mol. The molecule has 0 fully saturated rings. The summed E-state index contributed by atoms with van der Waals surface area (Å²) < 4.78 is 0. The van der Waals surface area contributed by atoms with Gasteiger partial charge >= 0.3 is 6.03 Å². The maximum absolute atomic E-state index is 10.6. The van der Waals surface area contributed by atoms with Crippen LogP contribution in [-0.4, -0.2) is 12.0 Å². The molecule has 0 aliphatic carbocycles. The number of nitrogens with zero attached hydrogens (tertiary/aromatic N) is 2. The Morgan fingerprint density at radius 3 is 2.12 bits per heavy atom. The number of amides is 2. The number of carbonyl (C=O) groups is 2. The first kappa shape index (κ1) is 13.0. The van der Waals surface area contributed by atoms with Crippen LogP contribution < -0.4 is 15.8 Å². The van der Waals surface area contributed by atoms with Crippen molar-refractivity contribution in [2.75, 3.05) is 0 Å². The number of hydrogen-bond acceptors (Lipinski definition) is 3. The standard InChI is InChI=1S/C7H4N2O.C5H10O2/c10-7-8-5-3-1-2-4-6(5)9-7;1-2-3-4-5(6)7/h1-4H;2-4H2,1H3,(H,6,7)/p-1. The number of unbranched alkanes of at least 4 members (excludes halogenated alkanes) is 1. The molecule has 5 nitrogen and oxygen atoms in total. The van der Waals surface area contributed by atoms with Crippen molar-refractivity contribution in [2.24, 2.45) is 9.98 Å². The molecule has 1 heterocycles. The van der Waals surface area contributed by atoms with Crippen molar-refractivity contribution in [2.45, 2.75) is 26.2 Å². The molecule has 1 aliphatic heterocycles. The first-order valence-electron chi connectivity index (χ1n) is 5.39. The van der Waals surface area contributed by atoms with E-state index in [2.05, 4.69) is 9.98 Å². The van der Waals surface area contributed by atoms with E-state index in [4.69, 9.17) is 0 Å². The molecule has 0 spiro atoms. The minimum atomic E-state index is -0.943. The van der Waals surface area contributed by atoms with Crippen LogP contribution in [0.25, 0.3) is 0 Å². The third kappa shape index (κ3) is 4.55. The van der Waals surface area contributed by atoms with E-state index in [0.29, 0.717) is 10.7 Å². The minimum absolute atomic E-state index is 0.205. The number of rotatable bonds is 3. The summed E-state index contributed by atoms with van der Waals surface area (Å²) in [5.74, 6) is -0.943. The van der Waals surface area contributed by atoms with Gasteiger partial charge < -0.3 is 9.90 Å². The van der Waals surface area contributed by atoms with Crippen LogP contribution in [0.15, 0.2) is 34.3 Å². The highest BCUT2D eigenvalue weighted by Gasteiger charge is 2.01. The summed E-state index contributed by atoms with van der Waals surface area (Å²) >= 11 is 0. The van der Waals surface area contributed by atoms with Crippen molar-refractivity contribution in [1.29, 1.82) is 0 Å². The number of carboxylic acid groups (broad SMARTS) is 1. The Kier molecular flexibility index (Phi) is 5.00. The maximum Gasteiger partial charge on any atom is 0.368 e. The van der Waals surface area contributed by atoms with E-state index >= 15 is 0 Å². The molecule has 5 heteroatoms. The summed E-state index contributed by atoms with van der Waals surface area (Å²) in [4.78, 5) is 27.5. The zero-order valence-electron chi connectivity index (χ0n) is 9.55. The lowest BCUT2D eigenvalue weighted by atomic mass is 10.3. The van der Waals surface area contributed by atoms with Gasteiger partial charge in [0.25, 0.3) is 0 Å². The zero-order valence-corrected chi connectivity index (χ0v) is 9.55. The van der Waals surface area contributed by atoms with Crippen molar-refractivity contribution < 1.29 is 14.7 Å². The van der Waals surface area contributed by atoms with E-state index in [-0.39, 0.29) is 6.42 Å². The van der Waals surface area contributed by atoms with Crippen molar-refractivity contribution in [3.05, 3.63) is 35.0 Å². The zero-order chi connectivity index (χ0) is 12.7. The third-order valence-corrected chi connectivity index (χ3v) is 2.05. The second kappa shape index (κ2) is 6.52. The molecule has 1 aliphatic rings. The molecule has 2 rings (SSSR count). The lowest BCUT2D eigenvalue weighted by molar-refractivity contribution is -0.305. The number of carboxylic acids is 1. The Hall–Kier alpha value is -2.04. The van der Waals surface area contributed by atoms with E-state index in [0.717, 1.165) is 12.8 Å². The van der Waals surface area contributed by atoms with Crippen LogP contribution in [0, 0.1) is 0 Å². The number of hydrogen-bond donors (Lipinski definition) is 0. The van der Waals surface area contributed by atoms with Gasteiger partial charge in [0.1, 0.15) is 0 Å². The molecule has 0 unspecified atom stereocenters. The van der Waals surface area contributed by atoms with E-state index in [1.807, 2.05) is 19.1 Å². The fourth-order valence-electron chi connectivity index (χ4n) is 1.21. The number of urea groups is 1. The van der Waals surface area contributed by atoms with Gasteiger partial charge in [-0.1, -0.05) is 25.5 Å². The van der Waals surface area contributed by atoms with Crippen LogP contribution in [-0.2, 0) is 4.79 Å². The van der Waals surface area contributed by atoms with E-state index in [1.54, 1.807) is 12.1 Å². The monoisotopic (exact) mass is 233 g/mol. The van der Waals surface area contributed by atoms with Gasteiger partial charge in [-0.25, -0.2) is 4.79 Å². The number of fused-ring (bicyclic) bond motifs is 1. The second-order valence-electron chi connectivity index (χ2n) is 3.47. The number of para-hydroxylation sites is 2. The molecule has 1 aromatic carbocycles. The lowest BCUT2D eigenvalue weighted by Crippen LogP contribution is -2.21. The topological polar surface area (TPSA) is 81.9 Å². The molecule has 90 valence electrons. The average molecular weight is 233 g/mol. The quantitative estimate of drug-likeness (QED) is 0.736. The lowest BCUT2D eigenvalue weighted by Gasteiger charge is -1.95. The molecule has 0 aromatic heterocycles. The summed E-state index contributed by atoms with van der Waals surface area (Å²) in [5.41, 5.74) is 0. The van der Waals surface area contributed by atoms with Gasteiger partial charge in [0.2, 0.25) is 0 Å². The highest BCUT2D eigenvalue weighted by molar-refractivity contribution is 5.77. The SMILES string of the molecule is CCCCC(=O)[O-].O=C1N=c2ccccc2=N1. The first-order chi connectivity index (χ1) is 8.13. The first-order valence-corrected chi connectivity index (χ1v) is 5.39. The molecule has 1 aromatic rings. The average Bonchev–Trinajstić information content (AvgIpc) is 2.67. The van der Waals surface area contributed by atoms with E-state index in [9.17, 15) is 14.7 Å². The second-order valence-corrected chi connectivity index (χ2v) is 3.47. The van der Waals surface area contributed by atoms with Crippen molar-refractivity contribution in [3.63, 3.8) is 0 Å². The smallest absolute Gasteiger partial charge is 0.368 e. The molecule has 0 atom stereocenters.